The molecular weight excluding hydrogens is 462 g/mol. The Balaban J connectivity index is 1.54. The standard InChI is InChI=1S/C24H26F2N4O5/c1-13-7-17(25)15(18(26)8-13)9-27-22(33)16-10-29-19(21(32)20(16)31)23(34)28-12-30(29)24(4-3-14(28)2)5-6-35-11-24/h7-8,10,14,32H,3-6,9,11-12H2,1-2H3,(H,27,33)/t14-,24+/m0/s1. The molecule has 4 heterocycles. The number of carbonyl (C=O) groups is 2. The van der Waals surface area contributed by atoms with E-state index in [1.54, 1.807) is 11.8 Å². The van der Waals surface area contributed by atoms with Crippen molar-refractivity contribution in [1.82, 2.24) is 14.9 Å². The molecular formula is C24H26F2N4O5. The van der Waals surface area contributed by atoms with Crippen molar-refractivity contribution in [3.8, 4) is 5.75 Å². The van der Waals surface area contributed by atoms with Crippen LogP contribution in [0, 0.1) is 18.6 Å². The van der Waals surface area contributed by atoms with E-state index in [2.05, 4.69) is 5.32 Å². The Morgan fingerprint density at radius 2 is 1.97 bits per heavy atom. The van der Waals surface area contributed by atoms with Gasteiger partial charge in [0, 0.05) is 31.0 Å². The van der Waals surface area contributed by atoms with Gasteiger partial charge in [0.25, 0.3) is 11.8 Å². The van der Waals surface area contributed by atoms with Gasteiger partial charge in [-0.05, 0) is 50.8 Å². The fraction of sp³-hybridized carbons (Fsp3) is 0.458. The second-order valence-corrected chi connectivity index (χ2v) is 9.53. The fourth-order valence-electron chi connectivity index (χ4n) is 5.19. The van der Waals surface area contributed by atoms with Gasteiger partial charge in [0.1, 0.15) is 23.9 Å². The van der Waals surface area contributed by atoms with Crippen LogP contribution >= 0.6 is 0 Å². The molecule has 2 saturated heterocycles. The summed E-state index contributed by atoms with van der Waals surface area (Å²) in [6, 6.07) is 2.17. The summed E-state index contributed by atoms with van der Waals surface area (Å²) in [5.74, 6) is -3.90. The van der Waals surface area contributed by atoms with Gasteiger partial charge in [-0.3, -0.25) is 24.1 Å². The first-order valence-electron chi connectivity index (χ1n) is 11.5. The summed E-state index contributed by atoms with van der Waals surface area (Å²) in [6.07, 6.45) is 3.34. The maximum Gasteiger partial charge on any atom is 0.278 e. The highest BCUT2D eigenvalue weighted by Gasteiger charge is 2.49. The Labute approximate surface area is 199 Å². The third-order valence-electron chi connectivity index (χ3n) is 7.32. The summed E-state index contributed by atoms with van der Waals surface area (Å²) in [5.41, 5.74) is -2.11. The summed E-state index contributed by atoms with van der Waals surface area (Å²) in [7, 11) is 0. The molecule has 5 rings (SSSR count). The number of amides is 2. The first-order chi connectivity index (χ1) is 16.6. The Bertz CT molecular complexity index is 1260. The van der Waals surface area contributed by atoms with Crippen molar-refractivity contribution in [2.45, 2.75) is 51.2 Å². The Morgan fingerprint density at radius 1 is 1.26 bits per heavy atom. The van der Waals surface area contributed by atoms with Crippen LogP contribution in [0.4, 0.5) is 8.78 Å². The van der Waals surface area contributed by atoms with Gasteiger partial charge in [-0.1, -0.05) is 0 Å². The minimum absolute atomic E-state index is 0.115. The van der Waals surface area contributed by atoms with E-state index in [1.807, 2.05) is 11.9 Å². The Morgan fingerprint density at radius 3 is 2.63 bits per heavy atom. The van der Waals surface area contributed by atoms with Gasteiger partial charge in [0.05, 0.1) is 12.1 Å². The number of halogens is 2. The van der Waals surface area contributed by atoms with Gasteiger partial charge < -0.3 is 20.1 Å². The van der Waals surface area contributed by atoms with Gasteiger partial charge in [-0.15, -0.1) is 0 Å². The van der Waals surface area contributed by atoms with E-state index in [-0.39, 0.29) is 24.0 Å². The average Bonchev–Trinajstić information content (AvgIpc) is 3.24. The van der Waals surface area contributed by atoms with Gasteiger partial charge in [0.15, 0.2) is 11.4 Å². The van der Waals surface area contributed by atoms with Crippen LogP contribution in [0.5, 0.6) is 5.75 Å². The lowest BCUT2D eigenvalue weighted by molar-refractivity contribution is 0.0611. The molecule has 2 bridgehead atoms. The van der Waals surface area contributed by atoms with Crippen LogP contribution in [0.25, 0.3) is 0 Å². The van der Waals surface area contributed by atoms with Crippen LogP contribution in [0.3, 0.4) is 0 Å². The smallest absolute Gasteiger partial charge is 0.278 e. The van der Waals surface area contributed by atoms with E-state index < -0.39 is 52.3 Å². The van der Waals surface area contributed by atoms with Crippen molar-refractivity contribution in [1.29, 1.82) is 0 Å². The highest BCUT2D eigenvalue weighted by molar-refractivity contribution is 5.99. The van der Waals surface area contributed by atoms with E-state index in [1.165, 1.54) is 10.9 Å². The van der Waals surface area contributed by atoms with Crippen molar-refractivity contribution in [2.75, 3.05) is 24.9 Å². The highest BCUT2D eigenvalue weighted by atomic mass is 19.1. The summed E-state index contributed by atoms with van der Waals surface area (Å²) in [4.78, 5) is 40.7. The second-order valence-electron chi connectivity index (χ2n) is 9.53. The molecule has 0 aliphatic carbocycles. The third kappa shape index (κ3) is 3.65. The number of carbonyl (C=O) groups excluding carboxylic acids is 2. The molecule has 186 valence electrons. The lowest BCUT2D eigenvalue weighted by Crippen LogP contribution is -2.63. The first kappa shape index (κ1) is 23.3. The number of ether oxygens (including phenoxy) is 1. The number of pyridine rings is 1. The second kappa shape index (κ2) is 8.33. The minimum atomic E-state index is -1.03. The predicted octanol–water partition coefficient (Wildman–Crippen LogP) is 1.76. The molecule has 3 aliphatic rings. The van der Waals surface area contributed by atoms with Crippen LogP contribution in [-0.2, 0) is 11.3 Å². The maximum atomic E-state index is 14.2. The highest BCUT2D eigenvalue weighted by Crippen LogP contribution is 2.38. The third-order valence-corrected chi connectivity index (χ3v) is 7.32. The molecule has 11 heteroatoms. The number of nitrogens with one attached hydrogen (secondary N) is 1. The topological polar surface area (TPSA) is 104 Å². The van der Waals surface area contributed by atoms with E-state index in [9.17, 15) is 28.3 Å². The van der Waals surface area contributed by atoms with Crippen LogP contribution in [0.1, 0.15) is 58.2 Å². The van der Waals surface area contributed by atoms with Crippen molar-refractivity contribution in [3.05, 3.63) is 62.6 Å². The molecule has 9 nitrogen and oxygen atoms in total. The van der Waals surface area contributed by atoms with Gasteiger partial charge in [-0.25, -0.2) is 8.78 Å². The number of benzene rings is 1. The largest absolute Gasteiger partial charge is 0.502 e. The summed E-state index contributed by atoms with van der Waals surface area (Å²) in [5, 5.41) is 15.0. The lowest BCUT2D eigenvalue weighted by Gasteiger charge is -2.46. The molecule has 2 fully saturated rings. The van der Waals surface area contributed by atoms with Crippen molar-refractivity contribution in [3.63, 3.8) is 0 Å². The van der Waals surface area contributed by atoms with Crippen LogP contribution < -0.4 is 15.8 Å². The quantitative estimate of drug-likeness (QED) is 0.683. The molecule has 1 aromatic heterocycles. The predicted molar refractivity (Wildman–Crippen MR) is 121 cm³/mol. The van der Waals surface area contributed by atoms with Crippen LogP contribution in [0.2, 0.25) is 0 Å². The molecule has 2 aromatic rings. The number of aromatic nitrogens is 1. The van der Waals surface area contributed by atoms with E-state index in [0.29, 0.717) is 31.6 Å². The molecule has 0 unspecified atom stereocenters. The summed E-state index contributed by atoms with van der Waals surface area (Å²) in [6.45, 7) is 4.10. The number of nitrogens with zero attached hydrogens (tertiary/aromatic N) is 3. The number of rotatable bonds is 3. The molecule has 35 heavy (non-hydrogen) atoms. The zero-order valence-corrected chi connectivity index (χ0v) is 19.4. The van der Waals surface area contributed by atoms with Crippen molar-refractivity contribution < 1.29 is 28.2 Å². The molecule has 2 atom stereocenters. The molecule has 1 aromatic carbocycles. The SMILES string of the molecule is Cc1cc(F)c(CNC(=O)c2cn3c(c(O)c2=O)C(=O)N2CN3[C@@]3(CCOC3)CC[C@@H]2C)c(F)c1. The number of aromatic hydroxyl groups is 1. The number of hydrogen-bond acceptors (Lipinski definition) is 6. The minimum Gasteiger partial charge on any atom is -0.502 e. The number of hydrogen-bond donors (Lipinski definition) is 2. The normalized spacial score (nSPS) is 23.4. The molecule has 0 saturated carbocycles. The monoisotopic (exact) mass is 488 g/mol. The van der Waals surface area contributed by atoms with Gasteiger partial charge in [-0.2, -0.15) is 0 Å². The summed E-state index contributed by atoms with van der Waals surface area (Å²) >= 11 is 0. The molecule has 1 spiro atoms. The van der Waals surface area contributed by atoms with E-state index in [0.717, 1.165) is 18.6 Å². The maximum absolute atomic E-state index is 14.2. The van der Waals surface area contributed by atoms with Gasteiger partial charge >= 0.3 is 0 Å². The lowest BCUT2D eigenvalue weighted by atomic mass is 9.91. The fourth-order valence-corrected chi connectivity index (χ4v) is 5.19. The number of fused-ring (bicyclic) bond motifs is 5. The molecule has 2 N–H and O–H groups in total. The molecule has 3 aliphatic heterocycles. The van der Waals surface area contributed by atoms with Gasteiger partial charge in [0.2, 0.25) is 5.43 Å². The van der Waals surface area contributed by atoms with Crippen LogP contribution in [-0.4, -0.2) is 58.0 Å². The Hall–Kier alpha value is -3.47. The zero-order valence-electron chi connectivity index (χ0n) is 19.4. The van der Waals surface area contributed by atoms with Crippen molar-refractivity contribution in [2.24, 2.45) is 0 Å². The number of aryl methyl sites for hydroxylation is 1. The van der Waals surface area contributed by atoms with Crippen LogP contribution in [0.15, 0.2) is 23.1 Å². The molecule has 2 amide bonds. The van der Waals surface area contributed by atoms with E-state index >= 15 is 0 Å². The first-order valence-corrected chi connectivity index (χ1v) is 11.5. The van der Waals surface area contributed by atoms with Crippen molar-refractivity contribution >= 4 is 11.8 Å². The summed E-state index contributed by atoms with van der Waals surface area (Å²) < 4.78 is 35.5. The van der Waals surface area contributed by atoms with E-state index in [4.69, 9.17) is 4.74 Å². The zero-order chi connectivity index (χ0) is 25.1. The molecule has 0 radical (unpaired) electrons. The average molecular weight is 488 g/mol. The Kier molecular flexibility index (Phi) is 5.54.